The average molecular weight is 503 g/mol. The van der Waals surface area contributed by atoms with Gasteiger partial charge in [-0.25, -0.2) is 15.0 Å². The third-order valence-electron chi connectivity index (χ3n) is 6.44. The van der Waals surface area contributed by atoms with Crippen LogP contribution in [0, 0.1) is 13.8 Å². The van der Waals surface area contributed by atoms with Crippen LogP contribution in [0.2, 0.25) is 0 Å². The Balaban J connectivity index is 1.26. The molecule has 0 bridgehead atoms. The summed E-state index contributed by atoms with van der Waals surface area (Å²) in [5, 5.41) is 3.96. The van der Waals surface area contributed by atoms with Crippen LogP contribution >= 0.6 is 11.3 Å². The zero-order chi connectivity index (χ0) is 24.6. The van der Waals surface area contributed by atoms with Gasteiger partial charge in [0.15, 0.2) is 11.5 Å². The Bertz CT molecular complexity index is 1430. The molecule has 1 amide bonds. The number of fused-ring (bicyclic) bond motifs is 2. The van der Waals surface area contributed by atoms with Crippen molar-refractivity contribution in [2.45, 2.75) is 13.8 Å². The van der Waals surface area contributed by atoms with E-state index in [0.29, 0.717) is 41.1 Å². The highest BCUT2D eigenvalue weighted by Gasteiger charge is 2.26. The zero-order valence-electron chi connectivity index (χ0n) is 20.2. The number of pyridine rings is 1. The fourth-order valence-electron chi connectivity index (χ4n) is 4.66. The van der Waals surface area contributed by atoms with Crippen LogP contribution in [-0.2, 0) is 0 Å². The molecule has 0 saturated carbocycles. The molecule has 6 rings (SSSR count). The molecule has 0 unspecified atom stereocenters. The Morgan fingerprint density at radius 2 is 1.75 bits per heavy atom. The number of thiophene rings is 1. The van der Waals surface area contributed by atoms with Crippen LogP contribution in [-0.4, -0.2) is 60.3 Å². The second kappa shape index (κ2) is 9.27. The van der Waals surface area contributed by atoms with Gasteiger partial charge in [0.1, 0.15) is 35.5 Å². The number of amides is 1. The summed E-state index contributed by atoms with van der Waals surface area (Å²) in [6.45, 7) is 8.23. The van der Waals surface area contributed by atoms with Crippen LogP contribution in [0.5, 0.6) is 11.5 Å². The molecule has 10 heteroatoms. The van der Waals surface area contributed by atoms with Gasteiger partial charge < -0.3 is 24.6 Å². The van der Waals surface area contributed by atoms with E-state index in [9.17, 15) is 4.79 Å². The minimum atomic E-state index is -0.171. The van der Waals surface area contributed by atoms with E-state index in [1.165, 1.54) is 11.3 Å². The van der Waals surface area contributed by atoms with Gasteiger partial charge in [-0.2, -0.15) is 0 Å². The van der Waals surface area contributed by atoms with Crippen molar-refractivity contribution in [2.24, 2.45) is 0 Å². The Morgan fingerprint density at radius 3 is 2.53 bits per heavy atom. The average Bonchev–Trinajstić information content (AvgIpc) is 3.24. The summed E-state index contributed by atoms with van der Waals surface area (Å²) in [6.07, 6.45) is 1.82. The SMILES string of the molecule is Cc1nc(N2CCN(c3ccccn3)CC2)c2c(C)c(C(=O)Nc3ccc4c(c3)OCCO4)sc2n1. The van der Waals surface area contributed by atoms with E-state index in [4.69, 9.17) is 14.5 Å². The van der Waals surface area contributed by atoms with Crippen molar-refractivity contribution < 1.29 is 14.3 Å². The predicted molar refractivity (Wildman–Crippen MR) is 141 cm³/mol. The molecule has 0 spiro atoms. The van der Waals surface area contributed by atoms with Gasteiger partial charge in [0.2, 0.25) is 0 Å². The van der Waals surface area contributed by atoms with E-state index >= 15 is 0 Å². The highest BCUT2D eigenvalue weighted by atomic mass is 32.1. The first-order chi connectivity index (χ1) is 17.6. The molecular formula is C26H26N6O3S. The maximum atomic E-state index is 13.3. The topological polar surface area (TPSA) is 92.7 Å². The molecule has 0 aliphatic carbocycles. The molecule has 3 aromatic heterocycles. The summed E-state index contributed by atoms with van der Waals surface area (Å²) >= 11 is 1.40. The molecule has 1 fully saturated rings. The number of aromatic nitrogens is 3. The fraction of sp³-hybridized carbons (Fsp3) is 0.308. The summed E-state index contributed by atoms with van der Waals surface area (Å²) in [6, 6.07) is 11.4. The Hall–Kier alpha value is -3.92. The number of piperazine rings is 1. The minimum Gasteiger partial charge on any atom is -0.486 e. The van der Waals surface area contributed by atoms with E-state index < -0.39 is 0 Å². The van der Waals surface area contributed by atoms with E-state index in [0.717, 1.165) is 53.6 Å². The minimum absolute atomic E-state index is 0.171. The van der Waals surface area contributed by atoms with Gasteiger partial charge in [0.25, 0.3) is 5.91 Å². The Labute approximate surface area is 212 Å². The number of benzene rings is 1. The molecule has 5 heterocycles. The first-order valence-electron chi connectivity index (χ1n) is 12.0. The molecule has 184 valence electrons. The van der Waals surface area contributed by atoms with E-state index in [-0.39, 0.29) is 5.91 Å². The van der Waals surface area contributed by atoms with Crippen molar-refractivity contribution in [1.82, 2.24) is 15.0 Å². The smallest absolute Gasteiger partial charge is 0.266 e. The largest absolute Gasteiger partial charge is 0.486 e. The van der Waals surface area contributed by atoms with Crippen LogP contribution in [0.1, 0.15) is 21.1 Å². The number of carbonyl (C=O) groups is 1. The van der Waals surface area contributed by atoms with Gasteiger partial charge in [-0.05, 0) is 43.7 Å². The number of anilines is 3. The number of aryl methyl sites for hydroxylation is 2. The van der Waals surface area contributed by atoms with Gasteiger partial charge in [0, 0.05) is 44.1 Å². The molecule has 36 heavy (non-hydrogen) atoms. The quantitative estimate of drug-likeness (QED) is 0.447. The van der Waals surface area contributed by atoms with Crippen LogP contribution in [0.15, 0.2) is 42.6 Å². The van der Waals surface area contributed by atoms with Crippen molar-refractivity contribution in [3.63, 3.8) is 0 Å². The zero-order valence-corrected chi connectivity index (χ0v) is 21.0. The first-order valence-corrected chi connectivity index (χ1v) is 12.8. The van der Waals surface area contributed by atoms with Gasteiger partial charge in [-0.1, -0.05) is 6.07 Å². The molecule has 1 N–H and O–H groups in total. The number of nitrogens with zero attached hydrogens (tertiary/aromatic N) is 5. The van der Waals surface area contributed by atoms with Gasteiger partial charge >= 0.3 is 0 Å². The fourth-order valence-corrected chi connectivity index (χ4v) is 5.78. The van der Waals surface area contributed by atoms with E-state index in [1.54, 1.807) is 6.07 Å². The van der Waals surface area contributed by atoms with Crippen molar-refractivity contribution in [3.8, 4) is 11.5 Å². The van der Waals surface area contributed by atoms with Gasteiger partial charge in [-0.3, -0.25) is 4.79 Å². The summed E-state index contributed by atoms with van der Waals surface area (Å²) in [4.78, 5) is 33.3. The van der Waals surface area contributed by atoms with Crippen molar-refractivity contribution in [1.29, 1.82) is 0 Å². The van der Waals surface area contributed by atoms with Crippen molar-refractivity contribution in [2.75, 3.05) is 54.5 Å². The second-order valence-corrected chi connectivity index (χ2v) is 9.80. The van der Waals surface area contributed by atoms with Crippen molar-refractivity contribution in [3.05, 3.63) is 58.9 Å². The lowest BCUT2D eigenvalue weighted by molar-refractivity contribution is 0.103. The number of ether oxygens (including phenoxy) is 2. The number of nitrogens with one attached hydrogen (secondary N) is 1. The summed E-state index contributed by atoms with van der Waals surface area (Å²) in [7, 11) is 0. The highest BCUT2D eigenvalue weighted by Crippen LogP contribution is 2.37. The lowest BCUT2D eigenvalue weighted by Crippen LogP contribution is -2.47. The monoisotopic (exact) mass is 502 g/mol. The molecule has 2 aliphatic heterocycles. The van der Waals surface area contributed by atoms with Crippen LogP contribution < -0.4 is 24.6 Å². The predicted octanol–water partition coefficient (Wildman–Crippen LogP) is 4.05. The molecule has 1 aromatic carbocycles. The lowest BCUT2D eigenvalue weighted by atomic mass is 10.1. The standard InChI is InChI=1S/C26H26N6O3S/c1-16-22-24(32-11-9-31(10-12-32)21-5-3-4-8-27-21)28-17(2)29-26(22)36-23(16)25(33)30-18-6-7-19-20(15-18)35-14-13-34-19/h3-8,15H,9-14H2,1-2H3,(H,30,33). The molecule has 4 aromatic rings. The number of carbonyl (C=O) groups excluding carboxylic acids is 1. The maximum absolute atomic E-state index is 13.3. The number of hydrogen-bond donors (Lipinski definition) is 1. The third kappa shape index (κ3) is 4.17. The van der Waals surface area contributed by atoms with Crippen LogP contribution in [0.3, 0.4) is 0 Å². The second-order valence-electron chi connectivity index (χ2n) is 8.81. The number of hydrogen-bond acceptors (Lipinski definition) is 9. The molecular weight excluding hydrogens is 476 g/mol. The lowest BCUT2D eigenvalue weighted by Gasteiger charge is -2.36. The maximum Gasteiger partial charge on any atom is 0.266 e. The molecule has 9 nitrogen and oxygen atoms in total. The summed E-state index contributed by atoms with van der Waals surface area (Å²) < 4.78 is 11.2. The van der Waals surface area contributed by atoms with Gasteiger partial charge in [-0.15, -0.1) is 11.3 Å². The van der Waals surface area contributed by atoms with E-state index in [1.807, 2.05) is 50.4 Å². The van der Waals surface area contributed by atoms with E-state index in [2.05, 4.69) is 25.1 Å². The van der Waals surface area contributed by atoms with Gasteiger partial charge in [0.05, 0.1) is 10.3 Å². The molecule has 2 aliphatic rings. The summed E-state index contributed by atoms with van der Waals surface area (Å²) in [5.74, 6) is 3.74. The summed E-state index contributed by atoms with van der Waals surface area (Å²) in [5.41, 5.74) is 1.56. The molecule has 0 radical (unpaired) electrons. The number of rotatable bonds is 4. The Morgan fingerprint density at radius 1 is 0.972 bits per heavy atom. The van der Waals surface area contributed by atoms with Crippen LogP contribution in [0.25, 0.3) is 10.2 Å². The third-order valence-corrected chi connectivity index (χ3v) is 7.63. The Kier molecular flexibility index (Phi) is 5.80. The van der Waals surface area contributed by atoms with Crippen molar-refractivity contribution >= 4 is 44.8 Å². The first kappa shape index (κ1) is 22.5. The molecule has 1 saturated heterocycles. The highest BCUT2D eigenvalue weighted by molar-refractivity contribution is 7.20. The normalized spacial score (nSPS) is 15.3. The van der Waals surface area contributed by atoms with Crippen LogP contribution in [0.4, 0.5) is 17.3 Å². The molecule has 0 atom stereocenters.